The molecule has 1 aromatic carbocycles. The summed E-state index contributed by atoms with van der Waals surface area (Å²) in [5, 5.41) is 2.69. The molecule has 1 aliphatic rings. The molecule has 1 saturated heterocycles. The highest BCUT2D eigenvalue weighted by molar-refractivity contribution is 6.09. The number of benzene rings is 1. The number of ether oxygens (including phenoxy) is 2. The van der Waals surface area contributed by atoms with Gasteiger partial charge in [-0.05, 0) is 50.5 Å². The molecule has 0 spiro atoms. The molecular weight excluding hydrogens is 324 g/mol. The lowest BCUT2D eigenvalue weighted by molar-refractivity contribution is -0.152. The topological polar surface area (TPSA) is 84.9 Å². The number of nitrogens with zero attached hydrogens (tertiary/aromatic N) is 1. The van der Waals surface area contributed by atoms with Crippen molar-refractivity contribution in [3.63, 3.8) is 0 Å². The first kappa shape index (κ1) is 18.8. The van der Waals surface area contributed by atoms with Gasteiger partial charge in [-0.3, -0.25) is 4.79 Å². The molecule has 0 radical (unpaired) electrons. The summed E-state index contributed by atoms with van der Waals surface area (Å²) >= 11 is 0. The van der Waals surface area contributed by atoms with Crippen molar-refractivity contribution in [1.29, 1.82) is 0 Å². The molecular formula is C18H24N2O5. The van der Waals surface area contributed by atoms with Gasteiger partial charge in [0.25, 0.3) is 5.91 Å². The van der Waals surface area contributed by atoms with E-state index >= 15 is 0 Å². The minimum Gasteiger partial charge on any atom is -0.496 e. The van der Waals surface area contributed by atoms with E-state index in [-0.39, 0.29) is 6.61 Å². The molecule has 1 N–H and O–H groups in total. The number of hydrogen-bond donors (Lipinski definition) is 1. The Kier molecular flexibility index (Phi) is 5.35. The van der Waals surface area contributed by atoms with E-state index in [1.807, 2.05) is 13.8 Å². The molecule has 0 aromatic heterocycles. The van der Waals surface area contributed by atoms with Crippen molar-refractivity contribution in [1.82, 2.24) is 10.2 Å². The smallest absolute Gasteiger partial charge is 0.329 e. The lowest BCUT2D eigenvalue weighted by Gasteiger charge is -2.24. The highest BCUT2D eigenvalue weighted by atomic mass is 16.5. The number of aryl methyl sites for hydroxylation is 1. The molecule has 1 fully saturated rings. The maximum atomic E-state index is 12.9. The largest absolute Gasteiger partial charge is 0.496 e. The number of rotatable bonds is 6. The minimum atomic E-state index is -1.24. The number of hydrogen-bond acceptors (Lipinski definition) is 5. The standard InChI is InChI=1S/C18H24N2O5/c1-6-9-25-15(21)12(3)20-16(22)18(4,19-17(20)23)13-7-8-14(24-5)11(2)10-13/h7-8,10,12H,6,9H2,1-5H3,(H,19,23). The Morgan fingerprint density at radius 2 is 2.04 bits per heavy atom. The predicted molar refractivity (Wildman–Crippen MR) is 91.2 cm³/mol. The van der Waals surface area contributed by atoms with Crippen molar-refractivity contribution in [2.45, 2.75) is 45.7 Å². The highest BCUT2D eigenvalue weighted by Crippen LogP contribution is 2.32. The van der Waals surface area contributed by atoms with Crippen LogP contribution in [0.15, 0.2) is 18.2 Å². The summed E-state index contributed by atoms with van der Waals surface area (Å²) in [4.78, 5) is 38.3. The Morgan fingerprint density at radius 1 is 1.36 bits per heavy atom. The zero-order valence-corrected chi connectivity index (χ0v) is 15.2. The maximum Gasteiger partial charge on any atom is 0.329 e. The number of methoxy groups -OCH3 is 1. The quantitative estimate of drug-likeness (QED) is 0.629. The number of amides is 3. The number of carbonyl (C=O) groups is 3. The van der Waals surface area contributed by atoms with Gasteiger partial charge in [0.1, 0.15) is 17.3 Å². The molecule has 2 atom stereocenters. The van der Waals surface area contributed by atoms with Gasteiger partial charge in [-0.1, -0.05) is 13.0 Å². The Hall–Kier alpha value is -2.57. The van der Waals surface area contributed by atoms with Crippen LogP contribution >= 0.6 is 0 Å². The van der Waals surface area contributed by atoms with Crippen LogP contribution in [0.1, 0.15) is 38.3 Å². The summed E-state index contributed by atoms with van der Waals surface area (Å²) in [6.07, 6.45) is 0.668. The fraction of sp³-hybridized carbons (Fsp3) is 0.500. The number of esters is 1. The Bertz CT molecular complexity index is 703. The van der Waals surface area contributed by atoms with E-state index in [1.165, 1.54) is 6.92 Å². The molecule has 0 saturated carbocycles. The summed E-state index contributed by atoms with van der Waals surface area (Å²) in [6, 6.07) is 3.67. The second-order valence-corrected chi connectivity index (χ2v) is 6.26. The fourth-order valence-corrected chi connectivity index (χ4v) is 2.83. The van der Waals surface area contributed by atoms with Gasteiger partial charge in [-0.15, -0.1) is 0 Å². The van der Waals surface area contributed by atoms with Crippen LogP contribution in [0.3, 0.4) is 0 Å². The van der Waals surface area contributed by atoms with E-state index in [1.54, 1.807) is 32.2 Å². The van der Waals surface area contributed by atoms with Gasteiger partial charge in [0.05, 0.1) is 13.7 Å². The second kappa shape index (κ2) is 7.13. The van der Waals surface area contributed by atoms with Gasteiger partial charge in [-0.25, -0.2) is 14.5 Å². The Morgan fingerprint density at radius 3 is 2.60 bits per heavy atom. The van der Waals surface area contributed by atoms with Crippen LogP contribution < -0.4 is 10.1 Å². The van der Waals surface area contributed by atoms with Crippen molar-refractivity contribution < 1.29 is 23.9 Å². The van der Waals surface area contributed by atoms with E-state index in [9.17, 15) is 14.4 Å². The molecule has 0 bridgehead atoms. The van der Waals surface area contributed by atoms with Gasteiger partial charge >= 0.3 is 12.0 Å². The lowest BCUT2D eigenvalue weighted by atomic mass is 9.90. The van der Waals surface area contributed by atoms with Crippen LogP contribution in [0.4, 0.5) is 4.79 Å². The normalized spacial score (nSPS) is 21.1. The van der Waals surface area contributed by atoms with Crippen LogP contribution in [-0.4, -0.2) is 42.6 Å². The SMILES string of the molecule is CCCOC(=O)C(C)N1C(=O)NC(C)(c2ccc(OC)c(C)c2)C1=O. The number of urea groups is 1. The number of imide groups is 1. The van der Waals surface area contributed by atoms with E-state index < -0.39 is 29.5 Å². The lowest BCUT2D eigenvalue weighted by Crippen LogP contribution is -2.46. The van der Waals surface area contributed by atoms with Crippen molar-refractivity contribution in [2.24, 2.45) is 0 Å². The summed E-state index contributed by atoms with van der Waals surface area (Å²) in [7, 11) is 1.57. The monoisotopic (exact) mass is 348 g/mol. The van der Waals surface area contributed by atoms with Gasteiger partial charge in [0, 0.05) is 0 Å². The summed E-state index contributed by atoms with van der Waals surface area (Å²) in [6.45, 7) is 7.09. The molecule has 1 aliphatic heterocycles. The molecule has 2 rings (SSSR count). The fourth-order valence-electron chi connectivity index (χ4n) is 2.83. The minimum absolute atomic E-state index is 0.252. The van der Waals surface area contributed by atoms with Gasteiger partial charge < -0.3 is 14.8 Å². The molecule has 1 aromatic rings. The third kappa shape index (κ3) is 3.31. The molecule has 2 unspecified atom stereocenters. The van der Waals surface area contributed by atoms with Crippen LogP contribution in [0.5, 0.6) is 5.75 Å². The summed E-state index contributed by atoms with van der Waals surface area (Å²) < 4.78 is 10.3. The van der Waals surface area contributed by atoms with Crippen molar-refractivity contribution >= 4 is 17.9 Å². The molecule has 7 heteroatoms. The summed E-state index contributed by atoms with van der Waals surface area (Å²) in [5.74, 6) is -0.388. The maximum absolute atomic E-state index is 12.9. The van der Waals surface area contributed by atoms with Crippen molar-refractivity contribution in [3.8, 4) is 5.75 Å². The molecule has 3 amide bonds. The molecule has 0 aliphatic carbocycles. The Labute approximate surface area is 147 Å². The van der Waals surface area contributed by atoms with E-state index in [0.29, 0.717) is 17.7 Å². The average molecular weight is 348 g/mol. The van der Waals surface area contributed by atoms with Gasteiger partial charge in [0.2, 0.25) is 0 Å². The van der Waals surface area contributed by atoms with Crippen LogP contribution in [0, 0.1) is 6.92 Å². The third-order valence-corrected chi connectivity index (χ3v) is 4.37. The van der Waals surface area contributed by atoms with E-state index in [4.69, 9.17) is 9.47 Å². The first-order valence-electron chi connectivity index (χ1n) is 8.23. The van der Waals surface area contributed by atoms with Crippen LogP contribution in [0.25, 0.3) is 0 Å². The van der Waals surface area contributed by atoms with E-state index in [0.717, 1.165) is 10.5 Å². The first-order valence-corrected chi connectivity index (χ1v) is 8.23. The van der Waals surface area contributed by atoms with E-state index in [2.05, 4.69) is 5.32 Å². The zero-order valence-electron chi connectivity index (χ0n) is 15.2. The summed E-state index contributed by atoms with van der Waals surface area (Å²) in [5.41, 5.74) is 0.228. The number of carbonyl (C=O) groups excluding carboxylic acids is 3. The predicted octanol–water partition coefficient (Wildman–Crippen LogP) is 2.11. The van der Waals surface area contributed by atoms with Crippen molar-refractivity contribution in [2.75, 3.05) is 13.7 Å². The first-order chi connectivity index (χ1) is 11.8. The third-order valence-electron chi connectivity index (χ3n) is 4.37. The number of nitrogens with one attached hydrogen (secondary N) is 1. The average Bonchev–Trinajstić information content (AvgIpc) is 2.82. The second-order valence-electron chi connectivity index (χ2n) is 6.26. The van der Waals surface area contributed by atoms with Crippen molar-refractivity contribution in [3.05, 3.63) is 29.3 Å². The molecule has 136 valence electrons. The van der Waals surface area contributed by atoms with Crippen LogP contribution in [0.2, 0.25) is 0 Å². The van der Waals surface area contributed by atoms with Crippen LogP contribution in [-0.2, 0) is 19.9 Å². The Balaban J connectivity index is 2.30. The highest BCUT2D eigenvalue weighted by Gasteiger charge is 2.52. The molecule has 7 nitrogen and oxygen atoms in total. The van der Waals surface area contributed by atoms with Gasteiger partial charge in [0.15, 0.2) is 0 Å². The molecule has 25 heavy (non-hydrogen) atoms. The van der Waals surface area contributed by atoms with Gasteiger partial charge in [-0.2, -0.15) is 0 Å². The zero-order chi connectivity index (χ0) is 18.8. The molecule has 1 heterocycles.